The molecule has 1 aromatic rings. The van der Waals surface area contributed by atoms with Gasteiger partial charge in [0.2, 0.25) is 0 Å². The van der Waals surface area contributed by atoms with Crippen LogP contribution in [0, 0.1) is 0 Å². The molecule has 2 fully saturated rings. The van der Waals surface area contributed by atoms with Gasteiger partial charge in [-0.1, -0.05) is 30.3 Å². The Morgan fingerprint density at radius 2 is 1.83 bits per heavy atom. The second-order valence-electron chi connectivity index (χ2n) is 7.10. The lowest BCUT2D eigenvalue weighted by Gasteiger charge is -2.41. The summed E-state index contributed by atoms with van der Waals surface area (Å²) in [4.78, 5) is 15.1. The highest BCUT2D eigenvalue weighted by molar-refractivity contribution is 5.78. The van der Waals surface area contributed by atoms with Crippen LogP contribution in [0.1, 0.15) is 51.0 Å². The van der Waals surface area contributed by atoms with Crippen LogP contribution >= 0.6 is 0 Å². The van der Waals surface area contributed by atoms with Crippen molar-refractivity contribution < 1.29 is 14.6 Å². The van der Waals surface area contributed by atoms with Crippen molar-refractivity contribution in [3.05, 3.63) is 35.9 Å². The molecule has 4 heteroatoms. The van der Waals surface area contributed by atoms with Gasteiger partial charge in [0.25, 0.3) is 0 Å². The van der Waals surface area contributed by atoms with Gasteiger partial charge in [-0.2, -0.15) is 0 Å². The van der Waals surface area contributed by atoms with Gasteiger partial charge in [-0.05, 0) is 32.3 Å². The maximum Gasteiger partial charge on any atom is 0.316 e. The van der Waals surface area contributed by atoms with Gasteiger partial charge in [0, 0.05) is 31.0 Å². The van der Waals surface area contributed by atoms with Gasteiger partial charge in [-0.3, -0.25) is 9.69 Å². The van der Waals surface area contributed by atoms with Gasteiger partial charge in [0.15, 0.2) is 0 Å². The molecule has 0 saturated carbocycles. The zero-order valence-electron chi connectivity index (χ0n) is 14.0. The Hall–Kier alpha value is -1.39. The molecule has 4 nitrogen and oxygen atoms in total. The molecule has 2 aliphatic heterocycles. The zero-order chi connectivity index (χ0) is 16.4. The number of carbonyl (C=O) groups excluding carboxylic acids is 1. The predicted molar refractivity (Wildman–Crippen MR) is 89.2 cm³/mol. The fourth-order valence-electron chi connectivity index (χ4n) is 4.35. The third-order valence-corrected chi connectivity index (χ3v) is 5.29. The summed E-state index contributed by atoms with van der Waals surface area (Å²) in [5, 5.41) is 9.60. The molecule has 1 unspecified atom stereocenters. The number of fused-ring (bicyclic) bond motifs is 2. The smallest absolute Gasteiger partial charge is 0.316 e. The first-order valence-electron chi connectivity index (χ1n) is 8.74. The van der Waals surface area contributed by atoms with E-state index in [1.165, 1.54) is 12.8 Å². The minimum Gasteiger partial charge on any atom is -0.462 e. The van der Waals surface area contributed by atoms with E-state index >= 15 is 0 Å². The third kappa shape index (κ3) is 3.43. The number of benzene rings is 1. The Kier molecular flexibility index (Phi) is 5.02. The molecule has 0 aromatic heterocycles. The number of carbonyl (C=O) groups is 1. The van der Waals surface area contributed by atoms with E-state index < -0.39 is 5.92 Å². The van der Waals surface area contributed by atoms with Crippen LogP contribution in [-0.2, 0) is 9.53 Å². The normalized spacial score (nSPS) is 28.8. The average Bonchev–Trinajstić information content (AvgIpc) is 2.81. The molecule has 2 bridgehead atoms. The first-order chi connectivity index (χ1) is 11.1. The Bertz CT molecular complexity index is 517. The van der Waals surface area contributed by atoms with Crippen LogP contribution in [0.15, 0.2) is 30.3 Å². The lowest BCUT2D eigenvalue weighted by molar-refractivity contribution is -0.155. The largest absolute Gasteiger partial charge is 0.462 e. The summed E-state index contributed by atoms with van der Waals surface area (Å²) in [6.07, 6.45) is 4.26. The first kappa shape index (κ1) is 16.5. The molecule has 3 atom stereocenters. The summed E-state index contributed by atoms with van der Waals surface area (Å²) >= 11 is 0. The molecular formula is C19H27NO3. The quantitative estimate of drug-likeness (QED) is 0.848. The fraction of sp³-hybridized carbons (Fsp3) is 0.632. The molecule has 0 amide bonds. The third-order valence-electron chi connectivity index (χ3n) is 5.29. The van der Waals surface area contributed by atoms with Crippen LogP contribution in [0.5, 0.6) is 0 Å². The molecule has 0 radical (unpaired) electrons. The standard InChI is InChI=1S/C19H27NO3/c1-13(2)20-15-8-9-16(20)11-17(10-15)23-19(22)18(12-21)14-6-4-3-5-7-14/h3-7,13,15-18,21H,8-12H2,1-2H3/t15-,16-,18?/m0/s1. The Morgan fingerprint density at radius 1 is 1.22 bits per heavy atom. The summed E-state index contributed by atoms with van der Waals surface area (Å²) in [5.41, 5.74) is 0.822. The van der Waals surface area contributed by atoms with E-state index in [9.17, 15) is 9.90 Å². The molecule has 2 aliphatic rings. The highest BCUT2D eigenvalue weighted by Gasteiger charge is 2.43. The van der Waals surface area contributed by atoms with E-state index in [2.05, 4.69) is 18.7 Å². The molecule has 0 aliphatic carbocycles. The highest BCUT2D eigenvalue weighted by Crippen LogP contribution is 2.38. The van der Waals surface area contributed by atoms with Gasteiger partial charge >= 0.3 is 5.97 Å². The molecule has 23 heavy (non-hydrogen) atoms. The molecular weight excluding hydrogens is 290 g/mol. The first-order valence-corrected chi connectivity index (χ1v) is 8.74. The van der Waals surface area contributed by atoms with Gasteiger partial charge in [-0.25, -0.2) is 0 Å². The predicted octanol–water partition coefficient (Wildman–Crippen LogP) is 2.71. The van der Waals surface area contributed by atoms with Crippen LogP contribution in [0.3, 0.4) is 0 Å². The topological polar surface area (TPSA) is 49.8 Å². The van der Waals surface area contributed by atoms with Crippen LogP contribution in [0.25, 0.3) is 0 Å². The van der Waals surface area contributed by atoms with E-state index in [0.29, 0.717) is 18.1 Å². The molecule has 1 aromatic carbocycles. The van der Waals surface area contributed by atoms with E-state index in [0.717, 1.165) is 18.4 Å². The lowest BCUT2D eigenvalue weighted by Crippen LogP contribution is -2.49. The summed E-state index contributed by atoms with van der Waals surface area (Å²) in [5.74, 6) is -0.863. The van der Waals surface area contributed by atoms with Crippen molar-refractivity contribution in [1.29, 1.82) is 0 Å². The van der Waals surface area contributed by atoms with Crippen molar-refractivity contribution >= 4 is 5.97 Å². The van der Waals surface area contributed by atoms with Gasteiger partial charge in [-0.15, -0.1) is 0 Å². The number of nitrogens with zero attached hydrogens (tertiary/aromatic N) is 1. The second-order valence-corrected chi connectivity index (χ2v) is 7.10. The molecule has 0 spiro atoms. The van der Waals surface area contributed by atoms with Crippen molar-refractivity contribution in [3.63, 3.8) is 0 Å². The number of hydrogen-bond donors (Lipinski definition) is 1. The van der Waals surface area contributed by atoms with E-state index in [1.807, 2.05) is 30.3 Å². The molecule has 2 heterocycles. The monoisotopic (exact) mass is 317 g/mol. The number of hydrogen-bond acceptors (Lipinski definition) is 4. The summed E-state index contributed by atoms with van der Waals surface area (Å²) in [6.45, 7) is 4.28. The Balaban J connectivity index is 1.63. The lowest BCUT2D eigenvalue weighted by atomic mass is 9.97. The van der Waals surface area contributed by atoms with Gasteiger partial charge in [0.05, 0.1) is 6.61 Å². The molecule has 2 saturated heterocycles. The van der Waals surface area contributed by atoms with Crippen LogP contribution < -0.4 is 0 Å². The van der Waals surface area contributed by atoms with Gasteiger partial charge < -0.3 is 9.84 Å². The minimum absolute atomic E-state index is 0.00670. The Labute approximate surface area is 138 Å². The number of aliphatic hydroxyl groups excluding tert-OH is 1. The van der Waals surface area contributed by atoms with Crippen LogP contribution in [-0.4, -0.2) is 46.8 Å². The number of aliphatic hydroxyl groups is 1. The average molecular weight is 317 g/mol. The molecule has 3 rings (SSSR count). The summed E-state index contributed by atoms with van der Waals surface area (Å²) in [7, 11) is 0. The van der Waals surface area contributed by atoms with E-state index in [1.54, 1.807) is 0 Å². The minimum atomic E-state index is -0.572. The van der Waals surface area contributed by atoms with E-state index in [4.69, 9.17) is 4.74 Å². The van der Waals surface area contributed by atoms with Crippen molar-refractivity contribution in [2.45, 2.75) is 69.7 Å². The summed E-state index contributed by atoms with van der Waals surface area (Å²) in [6, 6.07) is 11.0. The molecule has 126 valence electrons. The number of rotatable bonds is 5. The van der Waals surface area contributed by atoms with E-state index in [-0.39, 0.29) is 18.7 Å². The van der Waals surface area contributed by atoms with Crippen LogP contribution in [0.4, 0.5) is 0 Å². The summed E-state index contributed by atoms with van der Waals surface area (Å²) < 4.78 is 5.78. The fourth-order valence-corrected chi connectivity index (χ4v) is 4.35. The maximum absolute atomic E-state index is 12.5. The number of ether oxygens (including phenoxy) is 1. The second kappa shape index (κ2) is 7.02. The van der Waals surface area contributed by atoms with Crippen LogP contribution in [0.2, 0.25) is 0 Å². The Morgan fingerprint density at radius 3 is 2.35 bits per heavy atom. The van der Waals surface area contributed by atoms with Crippen molar-refractivity contribution in [1.82, 2.24) is 4.90 Å². The highest BCUT2D eigenvalue weighted by atomic mass is 16.5. The van der Waals surface area contributed by atoms with Crippen molar-refractivity contribution in [3.8, 4) is 0 Å². The van der Waals surface area contributed by atoms with Crippen molar-refractivity contribution in [2.24, 2.45) is 0 Å². The maximum atomic E-state index is 12.5. The molecule has 1 N–H and O–H groups in total. The SMILES string of the molecule is CC(C)N1[C@H]2CC[C@H]1CC(OC(=O)C(CO)c1ccccc1)C2. The number of esters is 1. The van der Waals surface area contributed by atoms with Gasteiger partial charge in [0.1, 0.15) is 12.0 Å². The zero-order valence-corrected chi connectivity index (χ0v) is 14.0. The number of piperidine rings is 1. The van der Waals surface area contributed by atoms with Crippen molar-refractivity contribution in [2.75, 3.05) is 6.61 Å².